The van der Waals surface area contributed by atoms with Crippen LogP contribution in [0.15, 0.2) is 30.3 Å². The van der Waals surface area contributed by atoms with E-state index in [-0.39, 0.29) is 12.0 Å². The summed E-state index contributed by atoms with van der Waals surface area (Å²) >= 11 is 0. The van der Waals surface area contributed by atoms with Gasteiger partial charge in [-0.05, 0) is 36.0 Å². The standard InChI is InChI=1S/C17H23NO2/c1-13(2)15-8-5-14(6-9-15)7-10-17(19)18-12-16-4-3-11-20-16/h5-10,13,16H,3-4,11-12H2,1-2H3,(H,18,19)/b10-7+. The predicted molar refractivity (Wildman–Crippen MR) is 81.5 cm³/mol. The Kier molecular flexibility index (Phi) is 5.36. The predicted octanol–water partition coefficient (Wildman–Crippen LogP) is 3.12. The Morgan fingerprint density at radius 2 is 2.15 bits per heavy atom. The molecule has 1 N–H and O–H groups in total. The second-order valence-electron chi connectivity index (χ2n) is 5.53. The summed E-state index contributed by atoms with van der Waals surface area (Å²) in [7, 11) is 0. The Morgan fingerprint density at radius 3 is 2.75 bits per heavy atom. The number of carbonyl (C=O) groups is 1. The van der Waals surface area contributed by atoms with Crippen molar-refractivity contribution in [3.05, 3.63) is 41.5 Å². The molecule has 1 heterocycles. The van der Waals surface area contributed by atoms with Gasteiger partial charge in [-0.1, -0.05) is 38.1 Å². The van der Waals surface area contributed by atoms with Crippen molar-refractivity contribution in [3.63, 3.8) is 0 Å². The van der Waals surface area contributed by atoms with Gasteiger partial charge in [-0.15, -0.1) is 0 Å². The molecule has 1 fully saturated rings. The summed E-state index contributed by atoms with van der Waals surface area (Å²) in [6.45, 7) is 5.76. The maximum absolute atomic E-state index is 11.7. The number of hydrogen-bond donors (Lipinski definition) is 1. The molecule has 1 aliphatic rings. The van der Waals surface area contributed by atoms with E-state index in [2.05, 4.69) is 31.3 Å². The molecule has 20 heavy (non-hydrogen) atoms. The number of rotatable bonds is 5. The highest BCUT2D eigenvalue weighted by molar-refractivity contribution is 5.91. The van der Waals surface area contributed by atoms with Crippen LogP contribution in [-0.2, 0) is 9.53 Å². The van der Waals surface area contributed by atoms with Crippen molar-refractivity contribution in [3.8, 4) is 0 Å². The van der Waals surface area contributed by atoms with Gasteiger partial charge in [0.2, 0.25) is 5.91 Å². The lowest BCUT2D eigenvalue weighted by atomic mass is 10.0. The third kappa shape index (κ3) is 4.49. The maximum atomic E-state index is 11.7. The summed E-state index contributed by atoms with van der Waals surface area (Å²) in [6.07, 6.45) is 5.76. The van der Waals surface area contributed by atoms with E-state index in [1.165, 1.54) is 5.56 Å². The van der Waals surface area contributed by atoms with Crippen LogP contribution in [0.1, 0.15) is 43.7 Å². The minimum atomic E-state index is -0.0616. The molecule has 2 rings (SSSR count). The van der Waals surface area contributed by atoms with Crippen molar-refractivity contribution in [2.75, 3.05) is 13.2 Å². The van der Waals surface area contributed by atoms with E-state index in [4.69, 9.17) is 4.74 Å². The number of benzene rings is 1. The van der Waals surface area contributed by atoms with Gasteiger partial charge in [-0.2, -0.15) is 0 Å². The first-order valence-corrected chi connectivity index (χ1v) is 7.32. The highest BCUT2D eigenvalue weighted by atomic mass is 16.5. The molecule has 3 nitrogen and oxygen atoms in total. The van der Waals surface area contributed by atoms with E-state index < -0.39 is 0 Å². The topological polar surface area (TPSA) is 38.3 Å². The van der Waals surface area contributed by atoms with Crippen LogP contribution >= 0.6 is 0 Å². The molecule has 0 saturated carbocycles. The maximum Gasteiger partial charge on any atom is 0.244 e. The first kappa shape index (κ1) is 14.8. The lowest BCUT2D eigenvalue weighted by Crippen LogP contribution is -2.30. The molecule has 108 valence electrons. The smallest absolute Gasteiger partial charge is 0.244 e. The number of amides is 1. The van der Waals surface area contributed by atoms with Crippen LogP contribution in [0.5, 0.6) is 0 Å². The minimum absolute atomic E-state index is 0.0616. The van der Waals surface area contributed by atoms with Crippen molar-refractivity contribution in [2.45, 2.75) is 38.7 Å². The fraction of sp³-hybridized carbons (Fsp3) is 0.471. The monoisotopic (exact) mass is 273 g/mol. The van der Waals surface area contributed by atoms with Gasteiger partial charge in [-0.3, -0.25) is 4.79 Å². The van der Waals surface area contributed by atoms with Gasteiger partial charge in [0.15, 0.2) is 0 Å². The van der Waals surface area contributed by atoms with Crippen molar-refractivity contribution in [2.24, 2.45) is 0 Å². The fourth-order valence-electron chi connectivity index (χ4n) is 2.24. The van der Waals surface area contributed by atoms with E-state index in [0.717, 1.165) is 25.0 Å². The van der Waals surface area contributed by atoms with Crippen LogP contribution < -0.4 is 5.32 Å². The molecule has 1 aromatic carbocycles. The second kappa shape index (κ2) is 7.25. The van der Waals surface area contributed by atoms with E-state index >= 15 is 0 Å². The van der Waals surface area contributed by atoms with Gasteiger partial charge in [0, 0.05) is 19.2 Å². The van der Waals surface area contributed by atoms with E-state index in [0.29, 0.717) is 12.5 Å². The average Bonchev–Trinajstić information content (AvgIpc) is 2.96. The number of ether oxygens (including phenoxy) is 1. The summed E-state index contributed by atoms with van der Waals surface area (Å²) in [6, 6.07) is 8.29. The lowest BCUT2D eigenvalue weighted by Gasteiger charge is -2.09. The molecule has 1 amide bonds. The zero-order valence-corrected chi connectivity index (χ0v) is 12.3. The molecule has 0 radical (unpaired) electrons. The van der Waals surface area contributed by atoms with E-state index in [1.54, 1.807) is 6.08 Å². The highest BCUT2D eigenvalue weighted by Crippen LogP contribution is 2.15. The van der Waals surface area contributed by atoms with Crippen molar-refractivity contribution in [1.29, 1.82) is 0 Å². The molecule has 0 spiro atoms. The summed E-state index contributed by atoms with van der Waals surface area (Å²) in [5.74, 6) is 0.469. The first-order valence-electron chi connectivity index (χ1n) is 7.32. The average molecular weight is 273 g/mol. The van der Waals surface area contributed by atoms with Crippen LogP contribution in [0.3, 0.4) is 0 Å². The number of hydrogen-bond acceptors (Lipinski definition) is 2. The minimum Gasteiger partial charge on any atom is -0.376 e. The third-order valence-corrected chi connectivity index (χ3v) is 3.56. The third-order valence-electron chi connectivity index (χ3n) is 3.56. The van der Waals surface area contributed by atoms with Crippen molar-refractivity contribution < 1.29 is 9.53 Å². The van der Waals surface area contributed by atoms with Crippen LogP contribution in [0, 0.1) is 0 Å². The first-order chi connectivity index (χ1) is 9.65. The van der Waals surface area contributed by atoms with Gasteiger partial charge in [0.05, 0.1) is 6.10 Å². The molecule has 0 aromatic heterocycles. The number of nitrogens with one attached hydrogen (secondary N) is 1. The van der Waals surface area contributed by atoms with E-state index in [9.17, 15) is 4.79 Å². The Morgan fingerprint density at radius 1 is 1.40 bits per heavy atom. The number of carbonyl (C=O) groups excluding carboxylic acids is 1. The van der Waals surface area contributed by atoms with Gasteiger partial charge < -0.3 is 10.1 Å². The lowest BCUT2D eigenvalue weighted by molar-refractivity contribution is -0.116. The van der Waals surface area contributed by atoms with Crippen molar-refractivity contribution >= 4 is 12.0 Å². The molecule has 1 aliphatic heterocycles. The molecule has 0 bridgehead atoms. The molecular weight excluding hydrogens is 250 g/mol. The van der Waals surface area contributed by atoms with Crippen molar-refractivity contribution in [1.82, 2.24) is 5.32 Å². The summed E-state index contributed by atoms with van der Waals surface area (Å²) < 4.78 is 5.46. The summed E-state index contributed by atoms with van der Waals surface area (Å²) in [5.41, 5.74) is 2.35. The van der Waals surface area contributed by atoms with Crippen LogP contribution in [-0.4, -0.2) is 25.2 Å². The fourth-order valence-corrected chi connectivity index (χ4v) is 2.24. The molecule has 1 atom stereocenters. The Bertz CT molecular complexity index is 456. The quantitative estimate of drug-likeness (QED) is 0.837. The largest absolute Gasteiger partial charge is 0.376 e. The molecular formula is C17H23NO2. The zero-order valence-electron chi connectivity index (χ0n) is 12.3. The normalized spacial score (nSPS) is 18.9. The van der Waals surface area contributed by atoms with E-state index in [1.807, 2.05) is 18.2 Å². The Hall–Kier alpha value is -1.61. The van der Waals surface area contributed by atoms with Crippen LogP contribution in [0.4, 0.5) is 0 Å². The molecule has 3 heteroatoms. The molecule has 1 unspecified atom stereocenters. The second-order valence-corrected chi connectivity index (χ2v) is 5.53. The summed E-state index contributed by atoms with van der Waals surface area (Å²) in [4.78, 5) is 11.7. The van der Waals surface area contributed by atoms with Crippen LogP contribution in [0.25, 0.3) is 6.08 Å². The molecule has 1 saturated heterocycles. The summed E-state index contributed by atoms with van der Waals surface area (Å²) in [5, 5.41) is 2.87. The van der Waals surface area contributed by atoms with Crippen LogP contribution in [0.2, 0.25) is 0 Å². The highest BCUT2D eigenvalue weighted by Gasteiger charge is 2.15. The van der Waals surface area contributed by atoms with Gasteiger partial charge >= 0.3 is 0 Å². The van der Waals surface area contributed by atoms with Gasteiger partial charge in [-0.25, -0.2) is 0 Å². The van der Waals surface area contributed by atoms with Gasteiger partial charge in [0.1, 0.15) is 0 Å². The molecule has 1 aromatic rings. The Balaban J connectivity index is 1.80. The Labute approximate surface area is 121 Å². The SMILES string of the molecule is CC(C)c1ccc(/C=C/C(=O)NCC2CCCO2)cc1. The zero-order chi connectivity index (χ0) is 14.4. The molecule has 0 aliphatic carbocycles. The van der Waals surface area contributed by atoms with Gasteiger partial charge in [0.25, 0.3) is 0 Å².